The van der Waals surface area contributed by atoms with Crippen molar-refractivity contribution in [1.29, 1.82) is 0 Å². The molecule has 8 heteroatoms. The van der Waals surface area contributed by atoms with Gasteiger partial charge in [-0.15, -0.1) is 0 Å². The molecule has 1 N–H and O–H groups in total. The van der Waals surface area contributed by atoms with E-state index in [-0.39, 0.29) is 17.7 Å². The predicted octanol–water partition coefficient (Wildman–Crippen LogP) is 2.35. The van der Waals surface area contributed by atoms with E-state index in [4.69, 9.17) is 14.2 Å². The number of likely N-dealkylation sites (tertiary alicyclic amines) is 1. The zero-order valence-electron chi connectivity index (χ0n) is 20.1. The van der Waals surface area contributed by atoms with Gasteiger partial charge in [0, 0.05) is 38.3 Å². The summed E-state index contributed by atoms with van der Waals surface area (Å²) in [6.45, 7) is 4.16. The van der Waals surface area contributed by atoms with E-state index in [0.29, 0.717) is 36.7 Å². The molecular formula is C26H33N3O5. The van der Waals surface area contributed by atoms with E-state index in [1.807, 2.05) is 23.1 Å². The largest absolute Gasteiger partial charge is 0.497 e. The lowest BCUT2D eigenvalue weighted by Crippen LogP contribution is -2.41. The third kappa shape index (κ3) is 5.28. The number of carbonyl (C=O) groups is 2. The van der Waals surface area contributed by atoms with Crippen molar-refractivity contribution in [2.45, 2.75) is 19.4 Å². The van der Waals surface area contributed by atoms with Crippen molar-refractivity contribution in [3.8, 4) is 17.2 Å². The maximum atomic E-state index is 13.2. The molecule has 0 saturated carbocycles. The summed E-state index contributed by atoms with van der Waals surface area (Å²) in [6.07, 6.45) is 1.66. The highest BCUT2D eigenvalue weighted by Crippen LogP contribution is 2.34. The van der Waals surface area contributed by atoms with Gasteiger partial charge in [-0.1, -0.05) is 6.07 Å². The molecular weight excluding hydrogens is 434 g/mol. The number of amides is 2. The van der Waals surface area contributed by atoms with E-state index in [0.717, 1.165) is 43.8 Å². The molecule has 1 unspecified atom stereocenters. The monoisotopic (exact) mass is 467 g/mol. The Morgan fingerprint density at radius 1 is 1.00 bits per heavy atom. The zero-order chi connectivity index (χ0) is 24.1. The second-order valence-electron chi connectivity index (χ2n) is 8.76. The fourth-order valence-corrected chi connectivity index (χ4v) is 4.76. The quantitative estimate of drug-likeness (QED) is 0.642. The normalized spacial score (nSPS) is 17.7. The standard InChI is InChI=1S/C26H33N3O5/c1-32-22-6-4-5-19(13-22)25(30)27-9-12-28-10-7-20(16-28)26(31)29-11-8-18-14-23(33-2)24(34-3)15-21(18)17-29/h4-6,13-15,20H,7-12,16-17H2,1-3H3,(H,27,30). The number of methoxy groups -OCH3 is 3. The third-order valence-corrected chi connectivity index (χ3v) is 6.70. The van der Waals surface area contributed by atoms with Crippen LogP contribution >= 0.6 is 0 Å². The minimum atomic E-state index is -0.121. The highest BCUT2D eigenvalue weighted by Gasteiger charge is 2.33. The number of carbonyl (C=O) groups excluding carboxylic acids is 2. The van der Waals surface area contributed by atoms with Crippen LogP contribution in [-0.4, -0.2) is 75.7 Å². The fraction of sp³-hybridized carbons (Fsp3) is 0.462. The first-order valence-electron chi connectivity index (χ1n) is 11.7. The van der Waals surface area contributed by atoms with Gasteiger partial charge >= 0.3 is 0 Å². The van der Waals surface area contributed by atoms with E-state index in [1.165, 1.54) is 5.56 Å². The summed E-state index contributed by atoms with van der Waals surface area (Å²) in [4.78, 5) is 29.8. The van der Waals surface area contributed by atoms with Crippen LogP contribution in [0.2, 0.25) is 0 Å². The summed E-state index contributed by atoms with van der Waals surface area (Å²) in [7, 11) is 4.85. The number of hydrogen-bond acceptors (Lipinski definition) is 6. The molecule has 1 atom stereocenters. The summed E-state index contributed by atoms with van der Waals surface area (Å²) in [5.41, 5.74) is 2.90. The summed E-state index contributed by atoms with van der Waals surface area (Å²) >= 11 is 0. The van der Waals surface area contributed by atoms with Crippen LogP contribution in [0.5, 0.6) is 17.2 Å². The van der Waals surface area contributed by atoms with E-state index >= 15 is 0 Å². The first-order chi connectivity index (χ1) is 16.5. The van der Waals surface area contributed by atoms with Crippen molar-refractivity contribution in [2.24, 2.45) is 5.92 Å². The van der Waals surface area contributed by atoms with Crippen molar-refractivity contribution in [2.75, 3.05) is 54.1 Å². The Morgan fingerprint density at radius 3 is 2.50 bits per heavy atom. The number of nitrogens with one attached hydrogen (secondary N) is 1. The Labute approximate surface area is 200 Å². The van der Waals surface area contributed by atoms with Crippen molar-refractivity contribution in [3.63, 3.8) is 0 Å². The van der Waals surface area contributed by atoms with Crippen LogP contribution in [0, 0.1) is 5.92 Å². The van der Waals surface area contributed by atoms with Gasteiger partial charge in [-0.25, -0.2) is 0 Å². The third-order valence-electron chi connectivity index (χ3n) is 6.70. The number of hydrogen-bond donors (Lipinski definition) is 1. The molecule has 2 aliphatic heterocycles. The van der Waals surface area contributed by atoms with Crippen molar-refractivity contribution >= 4 is 11.8 Å². The maximum absolute atomic E-state index is 13.2. The van der Waals surface area contributed by atoms with Crippen LogP contribution in [0.1, 0.15) is 27.9 Å². The Morgan fingerprint density at radius 2 is 1.76 bits per heavy atom. The van der Waals surface area contributed by atoms with Gasteiger partial charge in [0.25, 0.3) is 5.91 Å². The van der Waals surface area contributed by atoms with E-state index < -0.39 is 0 Å². The summed E-state index contributed by atoms with van der Waals surface area (Å²) in [5.74, 6) is 2.17. The number of ether oxygens (including phenoxy) is 3. The number of fused-ring (bicyclic) bond motifs is 1. The number of rotatable bonds is 8. The summed E-state index contributed by atoms with van der Waals surface area (Å²) in [5, 5.41) is 2.96. The van der Waals surface area contributed by atoms with Gasteiger partial charge in [-0.05, 0) is 60.8 Å². The molecule has 2 aromatic rings. The van der Waals surface area contributed by atoms with Gasteiger partial charge in [-0.2, -0.15) is 0 Å². The Kier molecular flexibility index (Phi) is 7.57. The molecule has 0 radical (unpaired) electrons. The van der Waals surface area contributed by atoms with Crippen LogP contribution in [0.25, 0.3) is 0 Å². The molecule has 1 fully saturated rings. The second kappa shape index (κ2) is 10.8. The van der Waals surface area contributed by atoms with Gasteiger partial charge in [0.2, 0.25) is 5.91 Å². The Bertz CT molecular complexity index is 1040. The van der Waals surface area contributed by atoms with Gasteiger partial charge in [0.05, 0.1) is 27.2 Å². The molecule has 2 aromatic carbocycles. The molecule has 0 aliphatic carbocycles. The van der Waals surface area contributed by atoms with Crippen LogP contribution in [0.15, 0.2) is 36.4 Å². The smallest absolute Gasteiger partial charge is 0.251 e. The topological polar surface area (TPSA) is 80.3 Å². The number of nitrogens with zero attached hydrogens (tertiary/aromatic N) is 2. The van der Waals surface area contributed by atoms with Crippen molar-refractivity contribution in [1.82, 2.24) is 15.1 Å². The molecule has 34 heavy (non-hydrogen) atoms. The van der Waals surface area contributed by atoms with Crippen molar-refractivity contribution in [3.05, 3.63) is 53.1 Å². The van der Waals surface area contributed by atoms with Gasteiger partial charge in [0.15, 0.2) is 11.5 Å². The van der Waals surface area contributed by atoms with Crippen molar-refractivity contribution < 1.29 is 23.8 Å². The predicted molar refractivity (Wildman–Crippen MR) is 129 cm³/mol. The van der Waals surface area contributed by atoms with Gasteiger partial charge in [0.1, 0.15) is 5.75 Å². The average Bonchev–Trinajstić information content (AvgIpc) is 3.35. The minimum absolute atomic E-state index is 0.00391. The lowest BCUT2D eigenvalue weighted by Gasteiger charge is -2.31. The van der Waals surface area contributed by atoms with Gasteiger partial charge < -0.3 is 29.3 Å². The van der Waals surface area contributed by atoms with E-state index in [2.05, 4.69) is 10.2 Å². The first kappa shape index (κ1) is 23.9. The molecule has 182 valence electrons. The Balaban J connectivity index is 1.26. The van der Waals surface area contributed by atoms with E-state index in [1.54, 1.807) is 39.5 Å². The molecule has 2 amide bonds. The average molecular weight is 468 g/mol. The molecule has 0 aromatic heterocycles. The molecule has 4 rings (SSSR count). The summed E-state index contributed by atoms with van der Waals surface area (Å²) < 4.78 is 16.0. The van der Waals surface area contributed by atoms with Crippen LogP contribution < -0.4 is 19.5 Å². The molecule has 2 aliphatic rings. The van der Waals surface area contributed by atoms with Crippen LogP contribution in [-0.2, 0) is 17.8 Å². The molecule has 0 spiro atoms. The van der Waals surface area contributed by atoms with Gasteiger partial charge in [-0.3, -0.25) is 9.59 Å². The minimum Gasteiger partial charge on any atom is -0.497 e. The molecule has 0 bridgehead atoms. The van der Waals surface area contributed by atoms with Crippen LogP contribution in [0.4, 0.5) is 0 Å². The maximum Gasteiger partial charge on any atom is 0.251 e. The molecule has 8 nitrogen and oxygen atoms in total. The van der Waals surface area contributed by atoms with E-state index in [9.17, 15) is 9.59 Å². The molecule has 1 saturated heterocycles. The zero-order valence-corrected chi connectivity index (χ0v) is 20.1. The highest BCUT2D eigenvalue weighted by molar-refractivity contribution is 5.94. The number of benzene rings is 2. The molecule has 2 heterocycles. The summed E-state index contributed by atoms with van der Waals surface area (Å²) in [6, 6.07) is 11.1. The SMILES string of the molecule is COc1cccc(C(=O)NCCN2CCC(C(=O)N3CCc4cc(OC)c(OC)cc4C3)C2)c1. The lowest BCUT2D eigenvalue weighted by molar-refractivity contribution is -0.136. The second-order valence-corrected chi connectivity index (χ2v) is 8.76. The lowest BCUT2D eigenvalue weighted by atomic mass is 9.97. The van der Waals surface area contributed by atoms with Crippen LogP contribution in [0.3, 0.4) is 0 Å². The Hall–Kier alpha value is -3.26. The highest BCUT2D eigenvalue weighted by atomic mass is 16.5. The fourth-order valence-electron chi connectivity index (χ4n) is 4.76. The first-order valence-corrected chi connectivity index (χ1v) is 11.7.